The summed E-state index contributed by atoms with van der Waals surface area (Å²) in [5, 5.41) is 12.4. The highest BCUT2D eigenvalue weighted by molar-refractivity contribution is 6.02. The summed E-state index contributed by atoms with van der Waals surface area (Å²) in [7, 11) is 1.36. The van der Waals surface area contributed by atoms with Crippen molar-refractivity contribution in [3.05, 3.63) is 111 Å². The molecule has 50 heavy (non-hydrogen) atoms. The third kappa shape index (κ3) is 6.37. The number of piperidine rings is 1. The normalized spacial score (nSPS) is 15.3. The number of benzene rings is 4. The molecule has 1 aliphatic rings. The van der Waals surface area contributed by atoms with Gasteiger partial charge in [-0.2, -0.15) is 13.2 Å². The fourth-order valence-electron chi connectivity index (χ4n) is 6.51. The lowest BCUT2D eigenvalue weighted by molar-refractivity contribution is -0.139. The first-order valence-electron chi connectivity index (χ1n) is 15.4. The van der Waals surface area contributed by atoms with Crippen molar-refractivity contribution in [3.8, 4) is 11.1 Å². The van der Waals surface area contributed by atoms with Gasteiger partial charge in [-0.15, -0.1) is 0 Å². The zero-order chi connectivity index (χ0) is 36.1. The molecule has 0 spiro atoms. The summed E-state index contributed by atoms with van der Waals surface area (Å²) in [5.74, 6) is -8.51. The average molecular weight is 700 g/mol. The zero-order valence-electron chi connectivity index (χ0n) is 26.3. The van der Waals surface area contributed by atoms with Gasteiger partial charge in [0, 0.05) is 50.5 Å². The molecule has 2 heterocycles. The Morgan fingerprint density at radius 2 is 1.50 bits per heavy atom. The van der Waals surface area contributed by atoms with E-state index in [1.54, 1.807) is 0 Å². The highest BCUT2D eigenvalue weighted by atomic mass is 19.4. The minimum atomic E-state index is -4.92. The number of carboxylic acid groups (broad SMARTS) is 1. The summed E-state index contributed by atoms with van der Waals surface area (Å²) in [6, 6.07) is 14.2. The minimum Gasteiger partial charge on any atom is -0.480 e. The molecule has 4 aromatic carbocycles. The Labute approximate surface area is 279 Å². The van der Waals surface area contributed by atoms with E-state index in [4.69, 9.17) is 0 Å². The van der Waals surface area contributed by atoms with E-state index in [1.807, 2.05) is 0 Å². The molecule has 14 heteroatoms. The third-order valence-electron chi connectivity index (χ3n) is 9.01. The number of anilines is 1. The van der Waals surface area contributed by atoms with Crippen molar-refractivity contribution in [3.63, 3.8) is 0 Å². The van der Waals surface area contributed by atoms with Crippen LogP contribution in [0.25, 0.3) is 32.8 Å². The van der Waals surface area contributed by atoms with Crippen molar-refractivity contribution in [1.82, 2.24) is 9.88 Å². The van der Waals surface area contributed by atoms with Crippen molar-refractivity contribution in [1.29, 1.82) is 0 Å². The van der Waals surface area contributed by atoms with Gasteiger partial charge < -0.3 is 19.9 Å². The molecule has 2 N–H and O–H groups in total. The first kappa shape index (κ1) is 34.5. The molecular weight excluding hydrogens is 671 g/mol. The number of halogens is 7. The molecule has 0 bridgehead atoms. The molecule has 5 aromatic rings. The summed E-state index contributed by atoms with van der Waals surface area (Å²) >= 11 is 0. The second-order valence-corrected chi connectivity index (χ2v) is 12.1. The van der Waals surface area contributed by atoms with Crippen molar-refractivity contribution in [2.24, 2.45) is 7.05 Å². The number of nitrogens with zero attached hydrogens (tertiary/aromatic N) is 2. The minimum absolute atomic E-state index is 0.0525. The summed E-state index contributed by atoms with van der Waals surface area (Å²) in [6.07, 6.45) is -6.41. The standard InChI is InChI=1S/C36H28F7N3O4/c1-45-28-11-3-2-7-24(28)31(36(41,42)43)29(33(45)48)23-10-5-8-21-19(6-4-9-22(21)23)16-27(34(49)50)44-32(47)30-25(37)17-20(18-26(30)38)46-14-12-35(39,40)13-15-46/h2-11,17-18,27H,12-16H2,1H3,(H,44,47)(H,49,50)/t27-/m0/s1. The predicted molar refractivity (Wildman–Crippen MR) is 172 cm³/mol. The van der Waals surface area contributed by atoms with Crippen LogP contribution in [-0.2, 0) is 24.4 Å². The number of rotatable bonds is 7. The van der Waals surface area contributed by atoms with E-state index in [1.165, 1.54) is 72.6 Å². The van der Waals surface area contributed by atoms with E-state index in [0.717, 1.165) is 16.7 Å². The molecule has 1 saturated heterocycles. The third-order valence-corrected chi connectivity index (χ3v) is 9.01. The second-order valence-electron chi connectivity index (χ2n) is 12.1. The van der Waals surface area contributed by atoms with E-state index < -0.39 is 83.2 Å². The number of aromatic nitrogens is 1. The SMILES string of the molecule is Cn1c(=O)c(-c2cccc3c(C[C@H](NC(=O)c4c(F)cc(N5CCC(F)(F)CC5)cc4F)C(=O)O)cccc23)c(C(F)(F)F)c2ccccc21. The van der Waals surface area contributed by atoms with Crippen LogP contribution in [0.2, 0.25) is 0 Å². The van der Waals surface area contributed by atoms with Crippen LogP contribution in [0, 0.1) is 11.6 Å². The van der Waals surface area contributed by atoms with Gasteiger partial charge >= 0.3 is 12.1 Å². The van der Waals surface area contributed by atoms with Crippen LogP contribution < -0.4 is 15.8 Å². The van der Waals surface area contributed by atoms with Crippen LogP contribution in [0.3, 0.4) is 0 Å². The maximum atomic E-state index is 15.1. The van der Waals surface area contributed by atoms with Crippen LogP contribution in [0.15, 0.2) is 77.6 Å². The fourth-order valence-corrected chi connectivity index (χ4v) is 6.51. The number of hydrogen-bond acceptors (Lipinski definition) is 4. The lowest BCUT2D eigenvalue weighted by Crippen LogP contribution is -2.43. The topological polar surface area (TPSA) is 91.6 Å². The highest BCUT2D eigenvalue weighted by Gasteiger charge is 2.39. The Kier molecular flexibility index (Phi) is 8.83. The van der Waals surface area contributed by atoms with Crippen LogP contribution >= 0.6 is 0 Å². The van der Waals surface area contributed by atoms with Gasteiger partial charge in [0.15, 0.2) is 0 Å². The molecule has 1 atom stereocenters. The molecule has 0 radical (unpaired) electrons. The first-order chi connectivity index (χ1) is 23.6. The maximum Gasteiger partial charge on any atom is 0.417 e. The fraction of sp³-hybridized carbons (Fsp3) is 0.250. The Hall–Kier alpha value is -5.40. The Morgan fingerprint density at radius 3 is 2.14 bits per heavy atom. The number of carbonyl (C=O) groups excluding carboxylic acids is 1. The van der Waals surface area contributed by atoms with Crippen LogP contribution in [0.4, 0.5) is 36.4 Å². The van der Waals surface area contributed by atoms with Gasteiger partial charge in [-0.05, 0) is 40.1 Å². The molecular formula is C36H28F7N3O4. The Bertz CT molecular complexity index is 2200. The van der Waals surface area contributed by atoms with Crippen LogP contribution in [0.1, 0.15) is 34.3 Å². The lowest BCUT2D eigenvalue weighted by atomic mass is 9.90. The molecule has 1 amide bonds. The number of para-hydroxylation sites is 1. The summed E-state index contributed by atoms with van der Waals surface area (Å²) in [6.45, 7) is -0.337. The molecule has 6 rings (SSSR count). The van der Waals surface area contributed by atoms with E-state index >= 15 is 8.78 Å². The molecule has 0 saturated carbocycles. The summed E-state index contributed by atoms with van der Waals surface area (Å²) < 4.78 is 102. The van der Waals surface area contributed by atoms with Gasteiger partial charge in [0.2, 0.25) is 0 Å². The van der Waals surface area contributed by atoms with E-state index in [0.29, 0.717) is 0 Å². The summed E-state index contributed by atoms with van der Waals surface area (Å²) in [5.41, 5.74) is -3.49. The van der Waals surface area contributed by atoms with Gasteiger partial charge in [0.25, 0.3) is 17.4 Å². The summed E-state index contributed by atoms with van der Waals surface area (Å²) in [4.78, 5) is 40.3. The monoisotopic (exact) mass is 699 g/mol. The number of amides is 1. The number of pyridine rings is 1. The van der Waals surface area contributed by atoms with Gasteiger partial charge in [-0.1, -0.05) is 54.6 Å². The smallest absolute Gasteiger partial charge is 0.417 e. The molecule has 0 unspecified atom stereocenters. The second kappa shape index (κ2) is 12.8. The predicted octanol–water partition coefficient (Wildman–Crippen LogP) is 7.32. The van der Waals surface area contributed by atoms with E-state index in [-0.39, 0.29) is 51.6 Å². The van der Waals surface area contributed by atoms with Crippen LogP contribution in [-0.4, -0.2) is 46.6 Å². The number of hydrogen-bond donors (Lipinski definition) is 2. The maximum absolute atomic E-state index is 15.1. The van der Waals surface area contributed by atoms with Gasteiger partial charge in [0.1, 0.15) is 23.2 Å². The number of carboxylic acids is 1. The van der Waals surface area contributed by atoms with Crippen molar-refractivity contribution in [2.45, 2.75) is 37.4 Å². The number of aryl methyl sites for hydroxylation is 1. The molecule has 0 aliphatic carbocycles. The Balaban J connectivity index is 1.35. The number of aliphatic carboxylic acids is 1. The number of carbonyl (C=O) groups is 2. The molecule has 1 aromatic heterocycles. The molecule has 7 nitrogen and oxygen atoms in total. The number of nitrogens with one attached hydrogen (secondary N) is 1. The zero-order valence-corrected chi connectivity index (χ0v) is 26.3. The van der Waals surface area contributed by atoms with Crippen molar-refractivity contribution >= 4 is 39.2 Å². The molecule has 1 aliphatic heterocycles. The molecule has 1 fully saturated rings. The van der Waals surface area contributed by atoms with Gasteiger partial charge in [0.05, 0.1) is 16.6 Å². The quantitative estimate of drug-likeness (QED) is 0.174. The van der Waals surface area contributed by atoms with Crippen molar-refractivity contribution in [2.75, 3.05) is 18.0 Å². The Morgan fingerprint density at radius 1 is 0.900 bits per heavy atom. The van der Waals surface area contributed by atoms with E-state index in [9.17, 15) is 41.4 Å². The number of fused-ring (bicyclic) bond motifs is 2. The lowest BCUT2D eigenvalue weighted by Gasteiger charge is -2.33. The van der Waals surface area contributed by atoms with Gasteiger partial charge in [-0.25, -0.2) is 22.4 Å². The van der Waals surface area contributed by atoms with Crippen molar-refractivity contribution < 1.29 is 45.4 Å². The van der Waals surface area contributed by atoms with Gasteiger partial charge in [-0.3, -0.25) is 9.59 Å². The van der Waals surface area contributed by atoms with E-state index in [2.05, 4.69) is 5.32 Å². The molecule has 260 valence electrons. The van der Waals surface area contributed by atoms with Crippen LogP contribution in [0.5, 0.6) is 0 Å². The number of alkyl halides is 5. The highest BCUT2D eigenvalue weighted by Crippen LogP contribution is 2.42. The largest absolute Gasteiger partial charge is 0.480 e. The average Bonchev–Trinajstić information content (AvgIpc) is 3.05. The first-order valence-corrected chi connectivity index (χ1v) is 15.4.